The Morgan fingerprint density at radius 2 is 1.69 bits per heavy atom. The van der Waals surface area contributed by atoms with Gasteiger partial charge in [-0.1, -0.05) is 25.7 Å². The quantitative estimate of drug-likeness (QED) is 0.598. The maximum atomic E-state index is 6.10. The molecule has 3 nitrogen and oxygen atoms in total. The van der Waals surface area contributed by atoms with E-state index in [2.05, 4.69) is 24.5 Å². The van der Waals surface area contributed by atoms with E-state index in [1.165, 1.54) is 38.5 Å². The first-order chi connectivity index (χ1) is 7.60. The van der Waals surface area contributed by atoms with Crippen LogP contribution >= 0.6 is 0 Å². The van der Waals surface area contributed by atoms with Gasteiger partial charge in [0.1, 0.15) is 0 Å². The molecule has 3 atom stereocenters. The number of rotatable bonds is 1. The average molecular weight is 225 g/mol. The first-order valence-corrected chi connectivity index (χ1v) is 6.91. The number of hydrogen-bond acceptors (Lipinski definition) is 3. The third kappa shape index (κ3) is 2.76. The molecule has 0 aromatic carbocycles. The van der Waals surface area contributed by atoms with E-state index in [1.807, 2.05) is 0 Å². The minimum absolute atomic E-state index is 0.0570. The van der Waals surface area contributed by atoms with Crippen LogP contribution in [0.15, 0.2) is 0 Å². The lowest BCUT2D eigenvalue weighted by Crippen LogP contribution is -2.70. The van der Waals surface area contributed by atoms with Crippen LogP contribution in [0.1, 0.15) is 58.8 Å². The molecule has 1 saturated heterocycles. The summed E-state index contributed by atoms with van der Waals surface area (Å²) in [5.74, 6) is 0.740. The zero-order valence-electron chi connectivity index (χ0n) is 10.8. The van der Waals surface area contributed by atoms with Gasteiger partial charge < -0.3 is 5.73 Å². The molecular weight excluding hydrogens is 198 g/mol. The minimum atomic E-state index is 0.0570. The number of nitrogens with one attached hydrogen (secondary N) is 2. The largest absolute Gasteiger partial charge is 0.316 e. The Morgan fingerprint density at radius 1 is 1.06 bits per heavy atom. The maximum absolute atomic E-state index is 6.10. The molecule has 3 heteroatoms. The second-order valence-corrected chi connectivity index (χ2v) is 5.92. The Kier molecular flexibility index (Phi) is 3.88. The summed E-state index contributed by atoms with van der Waals surface area (Å²) >= 11 is 0. The van der Waals surface area contributed by atoms with E-state index in [0.29, 0.717) is 6.04 Å². The minimum Gasteiger partial charge on any atom is -0.316 e. The van der Waals surface area contributed by atoms with Crippen LogP contribution in [0.25, 0.3) is 0 Å². The lowest BCUT2D eigenvalue weighted by atomic mass is 9.84. The van der Waals surface area contributed by atoms with Crippen molar-refractivity contribution in [2.75, 3.05) is 0 Å². The first kappa shape index (κ1) is 12.3. The van der Waals surface area contributed by atoms with Gasteiger partial charge in [-0.15, -0.1) is 0 Å². The zero-order valence-corrected chi connectivity index (χ0v) is 10.8. The van der Waals surface area contributed by atoms with Crippen molar-refractivity contribution in [3.63, 3.8) is 0 Å². The molecule has 3 unspecified atom stereocenters. The molecule has 0 spiro atoms. The lowest BCUT2D eigenvalue weighted by Gasteiger charge is -2.47. The van der Waals surface area contributed by atoms with Gasteiger partial charge >= 0.3 is 0 Å². The van der Waals surface area contributed by atoms with Crippen molar-refractivity contribution in [3.8, 4) is 0 Å². The van der Waals surface area contributed by atoms with Crippen molar-refractivity contribution in [2.45, 2.75) is 76.7 Å². The molecule has 16 heavy (non-hydrogen) atoms. The van der Waals surface area contributed by atoms with Crippen molar-refractivity contribution in [3.05, 3.63) is 0 Å². The Bertz CT molecular complexity index is 211. The fourth-order valence-corrected chi connectivity index (χ4v) is 3.53. The van der Waals surface area contributed by atoms with Gasteiger partial charge in [-0.25, -0.2) is 0 Å². The van der Waals surface area contributed by atoms with Gasteiger partial charge in [-0.3, -0.25) is 10.6 Å². The Balaban J connectivity index is 2.03. The van der Waals surface area contributed by atoms with E-state index in [4.69, 9.17) is 5.73 Å². The molecule has 2 rings (SSSR count). The second kappa shape index (κ2) is 5.03. The van der Waals surface area contributed by atoms with Gasteiger partial charge in [0.05, 0.1) is 11.8 Å². The van der Waals surface area contributed by atoms with Crippen LogP contribution in [0.5, 0.6) is 0 Å². The molecule has 0 radical (unpaired) electrons. The molecule has 0 bridgehead atoms. The highest BCUT2D eigenvalue weighted by atomic mass is 15.3. The van der Waals surface area contributed by atoms with E-state index in [-0.39, 0.29) is 11.8 Å². The van der Waals surface area contributed by atoms with Crippen LogP contribution in [0.4, 0.5) is 0 Å². The molecule has 1 aliphatic carbocycles. The Morgan fingerprint density at radius 3 is 2.25 bits per heavy atom. The van der Waals surface area contributed by atoms with Crippen molar-refractivity contribution in [1.29, 1.82) is 0 Å². The van der Waals surface area contributed by atoms with Crippen LogP contribution in [-0.4, -0.2) is 17.9 Å². The smallest absolute Gasteiger partial charge is 0.0701 e. The highest BCUT2D eigenvalue weighted by Gasteiger charge is 2.39. The summed E-state index contributed by atoms with van der Waals surface area (Å²) in [4.78, 5) is 0. The lowest BCUT2D eigenvalue weighted by molar-refractivity contribution is 0.0890. The van der Waals surface area contributed by atoms with Crippen LogP contribution in [0.2, 0.25) is 0 Å². The van der Waals surface area contributed by atoms with Crippen LogP contribution in [-0.2, 0) is 0 Å². The summed E-state index contributed by atoms with van der Waals surface area (Å²) in [7, 11) is 0. The molecule has 0 aromatic rings. The summed E-state index contributed by atoms with van der Waals surface area (Å²) in [5, 5.41) is 7.32. The van der Waals surface area contributed by atoms with E-state index in [0.717, 1.165) is 12.3 Å². The summed E-state index contributed by atoms with van der Waals surface area (Å²) in [6.45, 7) is 4.55. The molecule has 1 aliphatic heterocycles. The summed E-state index contributed by atoms with van der Waals surface area (Å²) in [6.07, 6.45) is 9.46. The van der Waals surface area contributed by atoms with E-state index in [9.17, 15) is 0 Å². The summed E-state index contributed by atoms with van der Waals surface area (Å²) in [6, 6.07) is 0.532. The third-order valence-electron chi connectivity index (χ3n) is 4.31. The van der Waals surface area contributed by atoms with E-state index in [1.54, 1.807) is 0 Å². The van der Waals surface area contributed by atoms with Gasteiger partial charge in [-0.05, 0) is 39.0 Å². The molecular formula is C13H27N3. The molecule has 0 amide bonds. The predicted octanol–water partition coefficient (Wildman–Crippen LogP) is 1.93. The number of hydrogen-bond donors (Lipinski definition) is 3. The molecule has 2 aliphatic rings. The SMILES string of the molecule is CC1CC(N)NC(C)(C2CCCCCC2)N1. The van der Waals surface area contributed by atoms with Gasteiger partial charge in [0.2, 0.25) is 0 Å². The van der Waals surface area contributed by atoms with E-state index < -0.39 is 0 Å². The average Bonchev–Trinajstić information content (AvgIpc) is 2.43. The van der Waals surface area contributed by atoms with Crippen molar-refractivity contribution >= 4 is 0 Å². The molecule has 0 aromatic heterocycles. The van der Waals surface area contributed by atoms with Crippen molar-refractivity contribution in [2.24, 2.45) is 11.7 Å². The number of nitrogens with two attached hydrogens (primary N) is 1. The summed E-state index contributed by atoms with van der Waals surface area (Å²) < 4.78 is 0. The van der Waals surface area contributed by atoms with Crippen molar-refractivity contribution in [1.82, 2.24) is 10.6 Å². The Hall–Kier alpha value is -0.120. The molecule has 94 valence electrons. The molecule has 4 N–H and O–H groups in total. The van der Waals surface area contributed by atoms with E-state index >= 15 is 0 Å². The zero-order chi connectivity index (χ0) is 11.6. The maximum Gasteiger partial charge on any atom is 0.0701 e. The molecule has 2 fully saturated rings. The predicted molar refractivity (Wildman–Crippen MR) is 67.9 cm³/mol. The van der Waals surface area contributed by atoms with Gasteiger partial charge in [-0.2, -0.15) is 0 Å². The van der Waals surface area contributed by atoms with Gasteiger partial charge in [0.15, 0.2) is 0 Å². The van der Waals surface area contributed by atoms with Crippen LogP contribution in [0.3, 0.4) is 0 Å². The fourth-order valence-electron chi connectivity index (χ4n) is 3.53. The molecule has 1 heterocycles. The van der Waals surface area contributed by atoms with Crippen LogP contribution < -0.4 is 16.4 Å². The highest BCUT2D eigenvalue weighted by molar-refractivity contribution is 4.96. The summed E-state index contributed by atoms with van der Waals surface area (Å²) in [5.41, 5.74) is 6.15. The second-order valence-electron chi connectivity index (χ2n) is 5.92. The Labute approximate surface area is 99.5 Å². The monoisotopic (exact) mass is 225 g/mol. The fraction of sp³-hybridized carbons (Fsp3) is 1.00. The van der Waals surface area contributed by atoms with Crippen LogP contribution in [0, 0.1) is 5.92 Å². The topological polar surface area (TPSA) is 50.1 Å². The third-order valence-corrected chi connectivity index (χ3v) is 4.31. The standard InChI is InChI=1S/C13H27N3/c1-10-9-12(14)16-13(2,15-10)11-7-5-3-4-6-8-11/h10-12,15-16H,3-9,14H2,1-2H3. The van der Waals surface area contributed by atoms with Gasteiger partial charge in [0, 0.05) is 6.04 Å². The molecule has 1 saturated carbocycles. The van der Waals surface area contributed by atoms with Crippen molar-refractivity contribution < 1.29 is 0 Å². The van der Waals surface area contributed by atoms with Gasteiger partial charge in [0.25, 0.3) is 0 Å². The highest BCUT2D eigenvalue weighted by Crippen LogP contribution is 2.32. The first-order valence-electron chi connectivity index (χ1n) is 6.91. The normalized spacial score (nSPS) is 42.9.